The van der Waals surface area contributed by atoms with Crippen LogP contribution < -0.4 is 4.90 Å². The summed E-state index contributed by atoms with van der Waals surface area (Å²) in [5.41, 5.74) is 19.8. The Kier molecular flexibility index (Phi) is 9.84. The average molecular weight is 881 g/mol. The number of benzene rings is 11. The van der Waals surface area contributed by atoms with E-state index in [0.717, 1.165) is 78.1 Å². The number of para-hydroxylation sites is 5. The predicted molar refractivity (Wildman–Crippen MR) is 290 cm³/mol. The van der Waals surface area contributed by atoms with Crippen LogP contribution in [-0.2, 0) is 0 Å². The van der Waals surface area contributed by atoms with Crippen LogP contribution in [0.3, 0.4) is 0 Å². The van der Waals surface area contributed by atoms with E-state index in [1.165, 1.54) is 44.1 Å². The van der Waals surface area contributed by atoms with E-state index in [2.05, 4.69) is 270 Å². The van der Waals surface area contributed by atoms with Crippen molar-refractivity contribution in [2.75, 3.05) is 4.90 Å². The van der Waals surface area contributed by atoms with E-state index >= 15 is 0 Å². The van der Waals surface area contributed by atoms with Crippen molar-refractivity contribution in [3.8, 4) is 61.3 Å². The number of anilines is 3. The van der Waals surface area contributed by atoms with Crippen molar-refractivity contribution in [3.05, 3.63) is 267 Å². The third-order valence-electron chi connectivity index (χ3n) is 13.6. The SMILES string of the molecule is c1ccc(-c2ccc(-c3cccc(N(c4ccc(-c5ccc(-c6ccccc6)cc5-n5c6ccccc6c6ccccc65)cc4)c4ccccc4-c4cccc5c4oc4ccccc45)c3)cc2)cc1. The number of hydrogen-bond donors (Lipinski definition) is 0. The molecule has 0 aliphatic rings. The minimum Gasteiger partial charge on any atom is -0.455 e. The van der Waals surface area contributed by atoms with Gasteiger partial charge in [0.2, 0.25) is 0 Å². The maximum Gasteiger partial charge on any atom is 0.143 e. The van der Waals surface area contributed by atoms with E-state index in [1.807, 2.05) is 6.07 Å². The molecule has 0 atom stereocenters. The van der Waals surface area contributed by atoms with Gasteiger partial charge in [-0.1, -0.05) is 212 Å². The van der Waals surface area contributed by atoms with Crippen LogP contribution in [0.4, 0.5) is 17.1 Å². The number of furan rings is 1. The summed E-state index contributed by atoms with van der Waals surface area (Å²) in [4.78, 5) is 2.40. The van der Waals surface area contributed by atoms with Crippen molar-refractivity contribution in [1.29, 1.82) is 0 Å². The van der Waals surface area contributed by atoms with Crippen molar-refractivity contribution in [1.82, 2.24) is 4.57 Å². The number of fused-ring (bicyclic) bond motifs is 6. The van der Waals surface area contributed by atoms with E-state index in [1.54, 1.807) is 0 Å². The highest BCUT2D eigenvalue weighted by Gasteiger charge is 2.22. The Morgan fingerprint density at radius 1 is 0.290 bits per heavy atom. The van der Waals surface area contributed by atoms with Crippen molar-refractivity contribution in [2.45, 2.75) is 0 Å². The largest absolute Gasteiger partial charge is 0.455 e. The van der Waals surface area contributed by atoms with Gasteiger partial charge < -0.3 is 13.9 Å². The van der Waals surface area contributed by atoms with Gasteiger partial charge in [-0.25, -0.2) is 0 Å². The molecule has 0 spiro atoms. The first-order valence-electron chi connectivity index (χ1n) is 23.6. The Bertz CT molecular complexity index is 3940. The summed E-state index contributed by atoms with van der Waals surface area (Å²) >= 11 is 0. The van der Waals surface area contributed by atoms with Gasteiger partial charge in [0.05, 0.1) is 22.4 Å². The van der Waals surface area contributed by atoms with Gasteiger partial charge in [0, 0.05) is 49.6 Å². The molecule has 2 heterocycles. The summed E-state index contributed by atoms with van der Waals surface area (Å²) < 4.78 is 9.12. The molecule has 13 aromatic rings. The third-order valence-corrected chi connectivity index (χ3v) is 13.6. The molecule has 0 saturated carbocycles. The van der Waals surface area contributed by atoms with Gasteiger partial charge in [0.1, 0.15) is 11.2 Å². The predicted octanol–water partition coefficient (Wildman–Crippen LogP) is 18.5. The molecule has 0 bridgehead atoms. The van der Waals surface area contributed by atoms with Gasteiger partial charge in [-0.05, 0) is 93.5 Å². The van der Waals surface area contributed by atoms with Crippen LogP contribution in [0.5, 0.6) is 0 Å². The van der Waals surface area contributed by atoms with Crippen LogP contribution in [0, 0.1) is 0 Å². The second kappa shape index (κ2) is 16.9. The Balaban J connectivity index is 0.979. The van der Waals surface area contributed by atoms with Crippen molar-refractivity contribution >= 4 is 60.8 Å². The summed E-state index contributed by atoms with van der Waals surface area (Å²) in [6, 6.07) is 96.1. The van der Waals surface area contributed by atoms with Gasteiger partial charge >= 0.3 is 0 Å². The molecule has 0 aliphatic carbocycles. The maximum atomic E-state index is 6.68. The second-order valence-corrected chi connectivity index (χ2v) is 17.6. The fourth-order valence-corrected chi connectivity index (χ4v) is 10.3. The minimum absolute atomic E-state index is 0.880. The normalized spacial score (nSPS) is 11.5. The highest BCUT2D eigenvalue weighted by Crippen LogP contribution is 2.46. The number of aromatic nitrogens is 1. The number of rotatable bonds is 9. The Hall–Kier alpha value is -9.18. The van der Waals surface area contributed by atoms with Crippen molar-refractivity contribution in [2.24, 2.45) is 0 Å². The highest BCUT2D eigenvalue weighted by atomic mass is 16.3. The molecule has 69 heavy (non-hydrogen) atoms. The third kappa shape index (κ3) is 7.08. The van der Waals surface area contributed by atoms with Gasteiger partial charge in [0.15, 0.2) is 0 Å². The number of nitrogens with zero attached hydrogens (tertiary/aromatic N) is 2. The monoisotopic (exact) mass is 880 g/mol. The molecular weight excluding hydrogens is 837 g/mol. The molecule has 0 fully saturated rings. The van der Waals surface area contributed by atoms with Crippen LogP contribution in [0.2, 0.25) is 0 Å². The van der Waals surface area contributed by atoms with E-state index in [9.17, 15) is 0 Å². The topological polar surface area (TPSA) is 21.3 Å². The zero-order chi connectivity index (χ0) is 45.7. The first-order valence-corrected chi connectivity index (χ1v) is 23.6. The van der Waals surface area contributed by atoms with E-state index in [-0.39, 0.29) is 0 Å². The lowest BCUT2D eigenvalue weighted by Gasteiger charge is -2.28. The summed E-state index contributed by atoms with van der Waals surface area (Å²) in [6.45, 7) is 0. The van der Waals surface area contributed by atoms with Crippen molar-refractivity contribution in [3.63, 3.8) is 0 Å². The maximum absolute atomic E-state index is 6.68. The quantitative estimate of drug-likeness (QED) is 0.144. The van der Waals surface area contributed by atoms with Gasteiger partial charge in [-0.3, -0.25) is 0 Å². The second-order valence-electron chi connectivity index (χ2n) is 17.6. The zero-order valence-corrected chi connectivity index (χ0v) is 37.7. The smallest absolute Gasteiger partial charge is 0.143 e. The molecule has 13 rings (SSSR count). The molecule has 3 heteroatoms. The summed E-state index contributed by atoms with van der Waals surface area (Å²) in [7, 11) is 0. The summed E-state index contributed by atoms with van der Waals surface area (Å²) in [6.07, 6.45) is 0. The molecule has 3 nitrogen and oxygen atoms in total. The minimum atomic E-state index is 0.880. The van der Waals surface area contributed by atoms with Gasteiger partial charge in [0.25, 0.3) is 0 Å². The lowest BCUT2D eigenvalue weighted by atomic mass is 9.96. The lowest BCUT2D eigenvalue weighted by molar-refractivity contribution is 0.670. The van der Waals surface area contributed by atoms with E-state index < -0.39 is 0 Å². The van der Waals surface area contributed by atoms with Crippen LogP contribution in [0.25, 0.3) is 105 Å². The zero-order valence-electron chi connectivity index (χ0n) is 37.7. The molecule has 0 unspecified atom stereocenters. The highest BCUT2D eigenvalue weighted by molar-refractivity contribution is 6.12. The van der Waals surface area contributed by atoms with Crippen LogP contribution in [-0.4, -0.2) is 4.57 Å². The van der Waals surface area contributed by atoms with Crippen LogP contribution >= 0.6 is 0 Å². The lowest BCUT2D eigenvalue weighted by Crippen LogP contribution is -2.11. The fourth-order valence-electron chi connectivity index (χ4n) is 10.3. The fraction of sp³-hybridized carbons (Fsp3) is 0. The molecule has 2 aromatic heterocycles. The Morgan fingerprint density at radius 3 is 1.51 bits per heavy atom. The molecule has 11 aromatic carbocycles. The Labute approximate surface area is 401 Å². The Morgan fingerprint density at radius 2 is 0.783 bits per heavy atom. The first kappa shape index (κ1) is 40.1. The van der Waals surface area contributed by atoms with E-state index in [4.69, 9.17) is 4.42 Å². The van der Waals surface area contributed by atoms with E-state index in [0.29, 0.717) is 0 Å². The molecule has 0 saturated heterocycles. The summed E-state index contributed by atoms with van der Waals surface area (Å²) in [5, 5.41) is 4.69. The molecule has 0 radical (unpaired) electrons. The standard InChI is InChI=1S/C66H44N2O/c1-3-17-45(18-4-1)47-33-35-48(36-34-47)50-21-15-22-53(43-50)67(61-29-11-9-25-57(61)59-27-16-28-60-58-26-10-14-32-65(58)69-66(59)60)52-40-37-49(38-41-52)54-42-39-51(46-19-5-2-6-20-46)44-64(54)68-62-30-12-7-23-55(62)56-24-8-13-31-63(56)68/h1-44H. The van der Waals surface area contributed by atoms with Crippen LogP contribution in [0.15, 0.2) is 271 Å². The average Bonchev–Trinajstić information content (AvgIpc) is 3.98. The van der Waals surface area contributed by atoms with Gasteiger partial charge in [-0.2, -0.15) is 0 Å². The molecule has 0 amide bonds. The molecule has 324 valence electrons. The first-order chi connectivity index (χ1) is 34.2. The van der Waals surface area contributed by atoms with Crippen molar-refractivity contribution < 1.29 is 4.42 Å². The molecule has 0 N–H and O–H groups in total. The molecular formula is C66H44N2O. The number of hydrogen-bond acceptors (Lipinski definition) is 2. The van der Waals surface area contributed by atoms with Gasteiger partial charge in [-0.15, -0.1) is 0 Å². The summed E-state index contributed by atoms with van der Waals surface area (Å²) in [5.74, 6) is 0. The van der Waals surface area contributed by atoms with Crippen LogP contribution in [0.1, 0.15) is 0 Å². The molecule has 0 aliphatic heterocycles.